The SMILES string of the molecule is CCC(C(=O)O)[C@H]1CC[C@H](C)[C@H]([C@@H](C)[C@H](O)[C@H](C)C(=O)[C@H](CC)[C@H]2O[C@]3(C=CC(NC(=O)OCC(Cl)(Cl)Cl)[C@]4(CC[C@@](C)([C@H]5CC[C@](O)(CC)[C@H](C)O5)O4)O3)[C@H](C)C[C@@H]2C)O1. The Balaban J connectivity index is 1.39. The van der Waals surface area contributed by atoms with Gasteiger partial charge in [-0.2, -0.15) is 0 Å². The first-order valence-corrected chi connectivity index (χ1v) is 23.8. The number of rotatable bonds is 14. The third-order valence-electron chi connectivity index (χ3n) is 15.1. The van der Waals surface area contributed by atoms with Gasteiger partial charge >= 0.3 is 12.1 Å². The molecule has 5 rings (SSSR count). The summed E-state index contributed by atoms with van der Waals surface area (Å²) in [6.07, 6.45) is 4.78. The van der Waals surface area contributed by atoms with E-state index in [1.165, 1.54) is 0 Å². The van der Waals surface area contributed by atoms with Crippen molar-refractivity contribution in [2.24, 2.45) is 41.4 Å². The molecule has 0 aromatic heterocycles. The molecule has 16 heteroatoms. The van der Waals surface area contributed by atoms with E-state index in [0.29, 0.717) is 57.8 Å². The molecule has 0 aromatic rings. The van der Waals surface area contributed by atoms with E-state index >= 15 is 0 Å². The van der Waals surface area contributed by atoms with Crippen LogP contribution in [-0.2, 0) is 38.0 Å². The Labute approximate surface area is 377 Å². The molecule has 350 valence electrons. The summed E-state index contributed by atoms with van der Waals surface area (Å²) >= 11 is 17.6. The van der Waals surface area contributed by atoms with Gasteiger partial charge in [-0.1, -0.05) is 96.3 Å². The van der Waals surface area contributed by atoms with Crippen LogP contribution in [0.4, 0.5) is 4.79 Å². The number of aliphatic hydroxyl groups is 2. The van der Waals surface area contributed by atoms with Crippen molar-refractivity contribution in [3.05, 3.63) is 12.2 Å². The highest BCUT2D eigenvalue weighted by Crippen LogP contribution is 2.54. The van der Waals surface area contributed by atoms with Crippen LogP contribution in [0.3, 0.4) is 0 Å². The lowest BCUT2D eigenvalue weighted by molar-refractivity contribution is -0.398. The van der Waals surface area contributed by atoms with Gasteiger partial charge in [0.2, 0.25) is 3.79 Å². The number of hydrogen-bond donors (Lipinski definition) is 4. The summed E-state index contributed by atoms with van der Waals surface area (Å²) in [4.78, 5) is 39.8. The largest absolute Gasteiger partial charge is 0.481 e. The fourth-order valence-corrected chi connectivity index (χ4v) is 11.1. The Morgan fingerprint density at radius 3 is 2.18 bits per heavy atom. The fraction of sp³-hybridized carbons (Fsp3) is 0.889. The lowest BCUT2D eigenvalue weighted by atomic mass is 9.72. The van der Waals surface area contributed by atoms with Crippen LogP contribution in [0.5, 0.6) is 0 Å². The normalized spacial score (nSPS) is 41.8. The van der Waals surface area contributed by atoms with Gasteiger partial charge in [0.25, 0.3) is 0 Å². The number of carboxylic acids is 1. The summed E-state index contributed by atoms with van der Waals surface area (Å²) < 4.78 is 37.6. The van der Waals surface area contributed by atoms with Gasteiger partial charge in [-0.15, -0.1) is 0 Å². The number of carboxylic acid groups (broad SMARTS) is 1. The van der Waals surface area contributed by atoms with E-state index in [0.717, 1.165) is 6.42 Å². The number of aliphatic carboxylic acids is 1. The van der Waals surface area contributed by atoms with Gasteiger partial charge in [0.1, 0.15) is 18.4 Å². The summed E-state index contributed by atoms with van der Waals surface area (Å²) in [5, 5.41) is 35.7. The Morgan fingerprint density at radius 1 is 0.918 bits per heavy atom. The number of aliphatic hydroxyl groups excluding tert-OH is 1. The second-order valence-electron chi connectivity index (χ2n) is 19.3. The zero-order valence-corrected chi connectivity index (χ0v) is 39.9. The molecule has 4 N–H and O–H groups in total. The topological polar surface area (TPSA) is 179 Å². The number of Topliss-reactive ketones (excluding diaryl/α,β-unsaturated/α-hetero) is 1. The van der Waals surface area contributed by atoms with Gasteiger partial charge in [0.15, 0.2) is 11.6 Å². The van der Waals surface area contributed by atoms with E-state index < -0.39 is 105 Å². The maximum atomic E-state index is 14.6. The van der Waals surface area contributed by atoms with Crippen molar-refractivity contribution >= 4 is 52.6 Å². The molecule has 0 aliphatic carbocycles. The van der Waals surface area contributed by atoms with Crippen LogP contribution in [-0.4, -0.2) is 109 Å². The maximum absolute atomic E-state index is 14.6. The first-order valence-electron chi connectivity index (χ1n) is 22.6. The third-order valence-corrected chi connectivity index (χ3v) is 15.4. The summed E-state index contributed by atoms with van der Waals surface area (Å²) in [6.45, 7) is 18.9. The van der Waals surface area contributed by atoms with E-state index in [-0.39, 0.29) is 29.6 Å². The fourth-order valence-electron chi connectivity index (χ4n) is 11.0. The van der Waals surface area contributed by atoms with Crippen molar-refractivity contribution in [2.45, 2.75) is 203 Å². The monoisotopic (exact) mass is 923 g/mol. The van der Waals surface area contributed by atoms with Gasteiger partial charge < -0.3 is 49.1 Å². The average Bonchev–Trinajstić information content (AvgIpc) is 3.54. The predicted molar refractivity (Wildman–Crippen MR) is 231 cm³/mol. The zero-order chi connectivity index (χ0) is 45.5. The molecular formula is C45H72Cl3NO12. The van der Waals surface area contributed by atoms with Crippen LogP contribution in [0.15, 0.2) is 12.2 Å². The van der Waals surface area contributed by atoms with Crippen LogP contribution >= 0.6 is 34.8 Å². The first kappa shape index (κ1) is 50.7. The number of carbonyl (C=O) groups excluding carboxylic acids is 2. The molecule has 0 saturated carbocycles. The number of alkyl carbamates (subject to hydrolysis) is 1. The van der Waals surface area contributed by atoms with E-state index in [4.69, 9.17) is 63.2 Å². The Bertz CT molecular complexity index is 1580. The highest BCUT2D eigenvalue weighted by atomic mass is 35.6. The molecule has 61 heavy (non-hydrogen) atoms. The summed E-state index contributed by atoms with van der Waals surface area (Å²) in [6, 6.07) is -0.864. The van der Waals surface area contributed by atoms with E-state index in [9.17, 15) is 29.7 Å². The first-order chi connectivity index (χ1) is 28.4. The summed E-state index contributed by atoms with van der Waals surface area (Å²) in [7, 11) is 0. The van der Waals surface area contributed by atoms with Crippen LogP contribution in [0, 0.1) is 41.4 Å². The lowest BCUT2D eigenvalue weighted by Gasteiger charge is -2.55. The smallest absolute Gasteiger partial charge is 0.407 e. The molecule has 5 aliphatic heterocycles. The van der Waals surface area contributed by atoms with Crippen molar-refractivity contribution in [2.75, 3.05) is 6.61 Å². The Kier molecular flexibility index (Phi) is 16.4. The van der Waals surface area contributed by atoms with Crippen LogP contribution in [0.25, 0.3) is 0 Å². The van der Waals surface area contributed by atoms with Crippen LogP contribution < -0.4 is 5.32 Å². The van der Waals surface area contributed by atoms with E-state index in [1.807, 2.05) is 55.4 Å². The number of nitrogens with one attached hydrogen (secondary N) is 1. The van der Waals surface area contributed by atoms with Gasteiger partial charge in [0.05, 0.1) is 53.7 Å². The van der Waals surface area contributed by atoms with Gasteiger partial charge in [-0.25, -0.2) is 4.79 Å². The molecule has 18 atom stereocenters. The molecule has 2 unspecified atom stereocenters. The summed E-state index contributed by atoms with van der Waals surface area (Å²) in [5.41, 5.74) is -1.83. The second kappa shape index (κ2) is 19.7. The quantitative estimate of drug-likeness (QED) is 0.0969. The number of amides is 1. The van der Waals surface area contributed by atoms with Gasteiger partial charge in [-0.3, -0.25) is 9.59 Å². The molecule has 5 heterocycles. The van der Waals surface area contributed by atoms with Crippen molar-refractivity contribution in [1.29, 1.82) is 0 Å². The molecule has 0 bridgehead atoms. The molecule has 4 fully saturated rings. The van der Waals surface area contributed by atoms with Gasteiger partial charge in [-0.05, 0) is 89.5 Å². The number of halogens is 3. The number of hydrogen-bond acceptors (Lipinski definition) is 11. The number of ketones is 1. The van der Waals surface area contributed by atoms with Crippen LogP contribution in [0.1, 0.15) is 133 Å². The number of alkyl halides is 3. The minimum Gasteiger partial charge on any atom is -0.481 e. The molecule has 13 nitrogen and oxygen atoms in total. The zero-order valence-electron chi connectivity index (χ0n) is 37.7. The summed E-state index contributed by atoms with van der Waals surface area (Å²) in [5.74, 6) is -6.51. The van der Waals surface area contributed by atoms with E-state index in [1.54, 1.807) is 19.1 Å². The molecule has 1 amide bonds. The van der Waals surface area contributed by atoms with Crippen molar-refractivity contribution in [1.82, 2.24) is 5.32 Å². The molecule has 5 aliphatic rings. The average molecular weight is 925 g/mol. The van der Waals surface area contributed by atoms with E-state index in [2.05, 4.69) is 12.2 Å². The minimum atomic E-state index is -1.82. The Morgan fingerprint density at radius 2 is 1.59 bits per heavy atom. The van der Waals surface area contributed by atoms with Crippen LogP contribution in [0.2, 0.25) is 0 Å². The molecule has 0 radical (unpaired) electrons. The molecular weight excluding hydrogens is 853 g/mol. The standard InChI is InChI=1S/C45H72Cl3NO12/c1-11-30(39(52)53)32-15-14-24(4)37(58-32)28(8)35(50)27(7)36(51)31(12-2)38-25(5)22-26(6)43(59-38)19-16-33(49-40(54)56-23-45(46,47)48)44(61-43)21-20-41(10,60-44)34-17-18-42(55,13-3)29(9)57-34/h16,19,24-35,37-38,50,55H,11-15,17-18,20-23H2,1-10H3,(H,49,54)(H,52,53)/t24-,25-,26+,27-,28-,29-,30?,31-,32+,33?,34+,35+,37+,38-,41-,42+,43-,44-/m0/s1. The maximum Gasteiger partial charge on any atom is 0.407 e. The van der Waals surface area contributed by atoms with Crippen molar-refractivity contribution < 1.29 is 58.1 Å². The van der Waals surface area contributed by atoms with Crippen molar-refractivity contribution in [3.63, 3.8) is 0 Å². The Hall–Kier alpha value is -1.26. The lowest BCUT2D eigenvalue weighted by Crippen LogP contribution is -2.65. The highest BCUT2D eigenvalue weighted by molar-refractivity contribution is 6.67. The molecule has 0 aromatic carbocycles. The molecule has 2 spiro atoms. The number of carbonyl (C=O) groups is 3. The third kappa shape index (κ3) is 10.7. The minimum absolute atomic E-state index is 0.0642. The van der Waals surface area contributed by atoms with Gasteiger partial charge in [0, 0.05) is 30.1 Å². The number of ether oxygens (including phenoxy) is 6. The van der Waals surface area contributed by atoms with Crippen molar-refractivity contribution in [3.8, 4) is 0 Å². The highest BCUT2D eigenvalue weighted by Gasteiger charge is 2.63. The molecule has 4 saturated heterocycles. The predicted octanol–water partition coefficient (Wildman–Crippen LogP) is 8.29. The second-order valence-corrected chi connectivity index (χ2v) is 21.8.